The van der Waals surface area contributed by atoms with Crippen molar-refractivity contribution in [2.24, 2.45) is 0 Å². The predicted octanol–water partition coefficient (Wildman–Crippen LogP) is 5.07. The Bertz CT molecular complexity index is 510. The van der Waals surface area contributed by atoms with Crippen LogP contribution in [0.25, 0.3) is 0 Å². The number of benzene rings is 2. The number of aryl methyl sites for hydroxylation is 1. The van der Waals surface area contributed by atoms with Crippen LogP contribution in [0.15, 0.2) is 53.0 Å². The fraction of sp³-hybridized carbons (Fsp3) is 0.250. The molecule has 0 unspecified atom stereocenters. The van der Waals surface area contributed by atoms with Crippen molar-refractivity contribution in [3.63, 3.8) is 0 Å². The SMILES string of the molecule is Cc1cccc(CSCCOc2ccc(Br)cc2)c1. The molecule has 100 valence electrons. The van der Waals surface area contributed by atoms with Crippen LogP contribution in [0.4, 0.5) is 0 Å². The van der Waals surface area contributed by atoms with Gasteiger partial charge in [-0.3, -0.25) is 0 Å². The van der Waals surface area contributed by atoms with Crippen molar-refractivity contribution < 1.29 is 4.74 Å². The molecule has 0 atom stereocenters. The fourth-order valence-electron chi connectivity index (χ4n) is 1.74. The van der Waals surface area contributed by atoms with E-state index in [9.17, 15) is 0 Å². The second-order valence-electron chi connectivity index (χ2n) is 4.34. The minimum absolute atomic E-state index is 0.748. The Kier molecular flexibility index (Phi) is 5.80. The lowest BCUT2D eigenvalue weighted by Crippen LogP contribution is -2.00. The van der Waals surface area contributed by atoms with E-state index in [0.717, 1.165) is 28.3 Å². The van der Waals surface area contributed by atoms with E-state index in [1.807, 2.05) is 36.0 Å². The smallest absolute Gasteiger partial charge is 0.119 e. The first-order valence-corrected chi connectivity index (χ1v) is 8.20. The maximum Gasteiger partial charge on any atom is 0.119 e. The lowest BCUT2D eigenvalue weighted by atomic mass is 10.2. The van der Waals surface area contributed by atoms with Gasteiger partial charge in [0, 0.05) is 16.0 Å². The van der Waals surface area contributed by atoms with E-state index in [1.54, 1.807) is 0 Å². The normalized spacial score (nSPS) is 10.4. The Morgan fingerprint density at radius 2 is 1.89 bits per heavy atom. The lowest BCUT2D eigenvalue weighted by Gasteiger charge is -2.06. The lowest BCUT2D eigenvalue weighted by molar-refractivity contribution is 0.344. The van der Waals surface area contributed by atoms with Gasteiger partial charge in [0.05, 0.1) is 6.61 Å². The third-order valence-electron chi connectivity index (χ3n) is 2.66. The van der Waals surface area contributed by atoms with Gasteiger partial charge in [-0.15, -0.1) is 0 Å². The predicted molar refractivity (Wildman–Crippen MR) is 87.0 cm³/mol. The van der Waals surface area contributed by atoms with Gasteiger partial charge in [-0.2, -0.15) is 11.8 Å². The van der Waals surface area contributed by atoms with Crippen molar-refractivity contribution in [3.8, 4) is 5.75 Å². The second-order valence-corrected chi connectivity index (χ2v) is 6.36. The molecule has 3 heteroatoms. The Labute approximate surface area is 127 Å². The zero-order valence-electron chi connectivity index (χ0n) is 10.9. The zero-order valence-corrected chi connectivity index (χ0v) is 13.3. The van der Waals surface area contributed by atoms with Gasteiger partial charge in [0.1, 0.15) is 5.75 Å². The Morgan fingerprint density at radius 3 is 2.63 bits per heavy atom. The minimum Gasteiger partial charge on any atom is -0.493 e. The van der Waals surface area contributed by atoms with Gasteiger partial charge in [0.2, 0.25) is 0 Å². The van der Waals surface area contributed by atoms with E-state index in [1.165, 1.54) is 11.1 Å². The summed E-state index contributed by atoms with van der Waals surface area (Å²) in [5, 5.41) is 0. The minimum atomic E-state index is 0.748. The van der Waals surface area contributed by atoms with Gasteiger partial charge >= 0.3 is 0 Å². The van der Waals surface area contributed by atoms with Crippen LogP contribution in [0, 0.1) is 6.92 Å². The molecule has 19 heavy (non-hydrogen) atoms. The molecule has 0 amide bonds. The summed E-state index contributed by atoms with van der Waals surface area (Å²) in [7, 11) is 0. The summed E-state index contributed by atoms with van der Waals surface area (Å²) in [6, 6.07) is 16.6. The van der Waals surface area contributed by atoms with Crippen LogP contribution in [0.1, 0.15) is 11.1 Å². The number of hydrogen-bond acceptors (Lipinski definition) is 2. The molecule has 0 fully saturated rings. The largest absolute Gasteiger partial charge is 0.493 e. The molecular formula is C16H17BrOS. The first-order chi connectivity index (χ1) is 9.24. The molecule has 0 N–H and O–H groups in total. The van der Waals surface area contributed by atoms with Gasteiger partial charge < -0.3 is 4.74 Å². The molecule has 0 bridgehead atoms. The van der Waals surface area contributed by atoms with Crippen molar-refractivity contribution in [1.82, 2.24) is 0 Å². The van der Waals surface area contributed by atoms with Gasteiger partial charge in [-0.25, -0.2) is 0 Å². The number of ether oxygens (including phenoxy) is 1. The summed E-state index contributed by atoms with van der Waals surface area (Å²) in [5.74, 6) is 2.98. The van der Waals surface area contributed by atoms with Crippen molar-refractivity contribution >= 4 is 27.7 Å². The molecule has 2 aromatic carbocycles. The van der Waals surface area contributed by atoms with Gasteiger partial charge in [-0.05, 0) is 36.8 Å². The molecule has 0 aliphatic heterocycles. The summed E-state index contributed by atoms with van der Waals surface area (Å²) in [6.07, 6.45) is 0. The maximum absolute atomic E-state index is 5.68. The average molecular weight is 337 g/mol. The fourth-order valence-corrected chi connectivity index (χ4v) is 2.77. The summed E-state index contributed by atoms with van der Waals surface area (Å²) in [5.41, 5.74) is 2.71. The highest BCUT2D eigenvalue weighted by Crippen LogP contribution is 2.17. The monoisotopic (exact) mass is 336 g/mol. The van der Waals surface area contributed by atoms with Crippen LogP contribution in [-0.2, 0) is 5.75 Å². The number of rotatable bonds is 6. The van der Waals surface area contributed by atoms with Gasteiger partial charge in [0.25, 0.3) is 0 Å². The standard InChI is InChI=1S/C16H17BrOS/c1-13-3-2-4-14(11-13)12-19-10-9-18-16-7-5-15(17)6-8-16/h2-8,11H,9-10,12H2,1H3. The molecule has 0 aromatic heterocycles. The van der Waals surface area contributed by atoms with Gasteiger partial charge in [-0.1, -0.05) is 45.8 Å². The molecule has 0 heterocycles. The van der Waals surface area contributed by atoms with Crippen molar-refractivity contribution in [2.75, 3.05) is 12.4 Å². The van der Waals surface area contributed by atoms with E-state index >= 15 is 0 Å². The first kappa shape index (κ1) is 14.5. The van der Waals surface area contributed by atoms with E-state index in [-0.39, 0.29) is 0 Å². The van der Waals surface area contributed by atoms with Crippen LogP contribution >= 0.6 is 27.7 Å². The number of halogens is 1. The summed E-state index contributed by atoms with van der Waals surface area (Å²) in [6.45, 7) is 2.88. The van der Waals surface area contributed by atoms with E-state index in [2.05, 4.69) is 47.1 Å². The van der Waals surface area contributed by atoms with Crippen LogP contribution in [-0.4, -0.2) is 12.4 Å². The highest BCUT2D eigenvalue weighted by atomic mass is 79.9. The van der Waals surface area contributed by atoms with Crippen LogP contribution in [0.3, 0.4) is 0 Å². The molecule has 0 spiro atoms. The summed E-state index contributed by atoms with van der Waals surface area (Å²) in [4.78, 5) is 0. The summed E-state index contributed by atoms with van der Waals surface area (Å²) >= 11 is 5.31. The number of thioether (sulfide) groups is 1. The topological polar surface area (TPSA) is 9.23 Å². The maximum atomic E-state index is 5.68. The molecule has 1 nitrogen and oxygen atoms in total. The average Bonchev–Trinajstić information content (AvgIpc) is 2.41. The molecule has 0 saturated carbocycles. The quantitative estimate of drug-likeness (QED) is 0.681. The van der Waals surface area contributed by atoms with E-state index in [0.29, 0.717) is 0 Å². The zero-order chi connectivity index (χ0) is 13.5. The second kappa shape index (κ2) is 7.61. The van der Waals surface area contributed by atoms with Crippen LogP contribution in [0.2, 0.25) is 0 Å². The number of hydrogen-bond donors (Lipinski definition) is 0. The van der Waals surface area contributed by atoms with Crippen LogP contribution < -0.4 is 4.74 Å². The highest BCUT2D eigenvalue weighted by molar-refractivity contribution is 9.10. The third-order valence-corrected chi connectivity index (χ3v) is 4.18. The van der Waals surface area contributed by atoms with Gasteiger partial charge in [0.15, 0.2) is 0 Å². The Morgan fingerprint density at radius 1 is 1.11 bits per heavy atom. The molecule has 0 radical (unpaired) electrons. The van der Waals surface area contributed by atoms with Crippen molar-refractivity contribution in [2.45, 2.75) is 12.7 Å². The van der Waals surface area contributed by atoms with Crippen LogP contribution in [0.5, 0.6) is 5.75 Å². The molecule has 0 aliphatic carbocycles. The highest BCUT2D eigenvalue weighted by Gasteiger charge is 1.96. The van der Waals surface area contributed by atoms with Crippen molar-refractivity contribution in [3.05, 3.63) is 64.1 Å². The molecule has 0 saturated heterocycles. The van der Waals surface area contributed by atoms with E-state index < -0.39 is 0 Å². The Hall–Kier alpha value is -0.930. The summed E-state index contributed by atoms with van der Waals surface area (Å²) < 4.78 is 6.76. The molecular weight excluding hydrogens is 320 g/mol. The third kappa shape index (κ3) is 5.29. The van der Waals surface area contributed by atoms with E-state index in [4.69, 9.17) is 4.74 Å². The molecule has 2 aromatic rings. The Balaban J connectivity index is 1.66. The van der Waals surface area contributed by atoms with Crippen molar-refractivity contribution in [1.29, 1.82) is 0 Å². The molecule has 0 aliphatic rings. The molecule has 2 rings (SSSR count). The first-order valence-electron chi connectivity index (χ1n) is 6.26.